The van der Waals surface area contributed by atoms with Crippen LogP contribution in [-0.2, 0) is 11.1 Å². The molecule has 1 aliphatic heterocycles. The van der Waals surface area contributed by atoms with E-state index in [4.69, 9.17) is 0 Å². The lowest BCUT2D eigenvalue weighted by Gasteiger charge is -2.47. The van der Waals surface area contributed by atoms with E-state index in [-0.39, 0.29) is 0 Å². The fourth-order valence-electron chi connectivity index (χ4n) is 7.34. The standard InChI is InChI=1S/C38H31N.C8H17N/c1-7-19-31(20-8-1)37(32-21-9-2-10-22-32,33-23-11-3-12-24-33)39-38(34-25-13-4-14-26-34,35-27-15-5-16-28-35)36-29-17-6-18-30-36;1-2-6-9-7-4-3-5-8-9/h1-30,39H;2-8H2,1H3. The van der Waals surface area contributed by atoms with E-state index in [1.165, 1.54) is 78.7 Å². The molecular weight excluding hydrogens is 581 g/mol. The summed E-state index contributed by atoms with van der Waals surface area (Å²) >= 11 is 0. The minimum absolute atomic E-state index is 0.675. The highest BCUT2D eigenvalue weighted by atomic mass is 15.1. The van der Waals surface area contributed by atoms with Gasteiger partial charge in [-0.25, -0.2) is 0 Å². The molecule has 0 radical (unpaired) electrons. The third-order valence-electron chi connectivity index (χ3n) is 9.60. The second-order valence-corrected chi connectivity index (χ2v) is 12.7. The SMILES string of the molecule is CCCN1CCCCC1.c1ccc(C(NC(c2ccccc2)(c2ccccc2)c2ccccc2)(c2ccccc2)c2ccccc2)cc1. The normalized spacial score (nSPS) is 13.7. The van der Waals surface area contributed by atoms with E-state index in [1.54, 1.807) is 0 Å². The van der Waals surface area contributed by atoms with Crippen molar-refractivity contribution in [2.24, 2.45) is 0 Å². The Labute approximate surface area is 288 Å². The van der Waals surface area contributed by atoms with Crippen molar-refractivity contribution in [3.63, 3.8) is 0 Å². The van der Waals surface area contributed by atoms with Gasteiger partial charge >= 0.3 is 0 Å². The lowest BCUT2D eigenvalue weighted by atomic mass is 9.70. The first-order chi connectivity index (χ1) is 23.8. The van der Waals surface area contributed by atoms with Crippen molar-refractivity contribution in [2.45, 2.75) is 43.7 Å². The average Bonchev–Trinajstić information content (AvgIpc) is 3.18. The number of benzene rings is 6. The van der Waals surface area contributed by atoms with Gasteiger partial charge in [-0.05, 0) is 72.3 Å². The predicted octanol–water partition coefficient (Wildman–Crippen LogP) is 10.4. The lowest BCUT2D eigenvalue weighted by Crippen LogP contribution is -2.57. The molecule has 0 bridgehead atoms. The average molecular weight is 629 g/mol. The summed E-state index contributed by atoms with van der Waals surface area (Å²) in [5, 5.41) is 4.38. The summed E-state index contributed by atoms with van der Waals surface area (Å²) in [7, 11) is 0. The van der Waals surface area contributed by atoms with Crippen molar-refractivity contribution in [3.8, 4) is 0 Å². The summed E-state index contributed by atoms with van der Waals surface area (Å²) in [5.74, 6) is 0. The lowest BCUT2D eigenvalue weighted by molar-refractivity contribution is 0.229. The molecule has 1 fully saturated rings. The molecule has 2 nitrogen and oxygen atoms in total. The molecule has 1 N–H and O–H groups in total. The molecule has 0 spiro atoms. The maximum absolute atomic E-state index is 4.38. The molecule has 6 aromatic carbocycles. The van der Waals surface area contributed by atoms with Gasteiger partial charge in [0.05, 0.1) is 11.1 Å². The summed E-state index contributed by atoms with van der Waals surface area (Å²) in [6.07, 6.45) is 5.64. The van der Waals surface area contributed by atoms with Crippen LogP contribution in [0.15, 0.2) is 182 Å². The quantitative estimate of drug-likeness (QED) is 0.152. The van der Waals surface area contributed by atoms with Crippen LogP contribution in [0.2, 0.25) is 0 Å². The van der Waals surface area contributed by atoms with Crippen LogP contribution >= 0.6 is 0 Å². The van der Waals surface area contributed by atoms with Crippen molar-refractivity contribution in [1.29, 1.82) is 0 Å². The van der Waals surface area contributed by atoms with Gasteiger partial charge in [-0.15, -0.1) is 0 Å². The molecule has 48 heavy (non-hydrogen) atoms. The number of nitrogens with one attached hydrogen (secondary N) is 1. The van der Waals surface area contributed by atoms with Gasteiger partial charge < -0.3 is 4.90 Å². The van der Waals surface area contributed by atoms with Crippen molar-refractivity contribution >= 4 is 0 Å². The van der Waals surface area contributed by atoms with Crippen LogP contribution in [0.5, 0.6) is 0 Å². The van der Waals surface area contributed by atoms with Gasteiger partial charge in [-0.3, -0.25) is 5.32 Å². The predicted molar refractivity (Wildman–Crippen MR) is 202 cm³/mol. The Kier molecular flexibility index (Phi) is 11.3. The van der Waals surface area contributed by atoms with Crippen molar-refractivity contribution in [2.75, 3.05) is 19.6 Å². The second-order valence-electron chi connectivity index (χ2n) is 12.7. The number of nitrogens with zero attached hydrogens (tertiary/aromatic N) is 1. The molecule has 1 aliphatic rings. The minimum atomic E-state index is -0.675. The Morgan fingerprint density at radius 2 is 0.646 bits per heavy atom. The number of likely N-dealkylation sites (tertiary alicyclic amines) is 1. The fraction of sp³-hybridized carbons (Fsp3) is 0.217. The summed E-state index contributed by atoms with van der Waals surface area (Å²) in [6.45, 7) is 6.29. The monoisotopic (exact) mass is 628 g/mol. The largest absolute Gasteiger partial charge is 0.303 e. The highest BCUT2D eigenvalue weighted by Gasteiger charge is 2.46. The first kappa shape index (κ1) is 33.2. The van der Waals surface area contributed by atoms with Crippen LogP contribution in [0.25, 0.3) is 0 Å². The van der Waals surface area contributed by atoms with E-state index < -0.39 is 11.1 Å². The molecular formula is C46H48N2. The highest BCUT2D eigenvalue weighted by molar-refractivity contribution is 5.56. The Hall–Kier alpha value is -4.76. The maximum Gasteiger partial charge on any atom is 0.0959 e. The Morgan fingerprint density at radius 1 is 0.396 bits per heavy atom. The van der Waals surface area contributed by atoms with Crippen molar-refractivity contribution in [3.05, 3.63) is 215 Å². The molecule has 0 atom stereocenters. The Balaban J connectivity index is 0.000000388. The van der Waals surface area contributed by atoms with Crippen LogP contribution in [0, 0.1) is 0 Å². The minimum Gasteiger partial charge on any atom is -0.303 e. The zero-order chi connectivity index (χ0) is 32.9. The molecule has 1 heterocycles. The van der Waals surface area contributed by atoms with Crippen LogP contribution in [0.1, 0.15) is 66.0 Å². The molecule has 6 aromatic rings. The summed E-state index contributed by atoms with van der Waals surface area (Å²) < 4.78 is 0. The summed E-state index contributed by atoms with van der Waals surface area (Å²) in [5.41, 5.74) is 5.70. The second kappa shape index (κ2) is 16.4. The third-order valence-corrected chi connectivity index (χ3v) is 9.60. The van der Waals surface area contributed by atoms with Gasteiger partial charge in [0.25, 0.3) is 0 Å². The zero-order valence-electron chi connectivity index (χ0n) is 28.2. The molecule has 2 heteroatoms. The van der Waals surface area contributed by atoms with E-state index in [2.05, 4.69) is 199 Å². The van der Waals surface area contributed by atoms with Crippen LogP contribution < -0.4 is 5.32 Å². The first-order valence-corrected chi connectivity index (χ1v) is 17.6. The number of hydrogen-bond donors (Lipinski definition) is 1. The zero-order valence-corrected chi connectivity index (χ0v) is 28.2. The van der Waals surface area contributed by atoms with Gasteiger partial charge in [0.15, 0.2) is 0 Å². The number of rotatable bonds is 10. The fourth-order valence-corrected chi connectivity index (χ4v) is 7.34. The number of hydrogen-bond acceptors (Lipinski definition) is 2. The van der Waals surface area contributed by atoms with E-state index in [9.17, 15) is 0 Å². The first-order valence-electron chi connectivity index (χ1n) is 17.6. The van der Waals surface area contributed by atoms with Gasteiger partial charge in [0, 0.05) is 0 Å². The van der Waals surface area contributed by atoms with E-state index in [0.29, 0.717) is 0 Å². The topological polar surface area (TPSA) is 15.3 Å². The summed E-state index contributed by atoms with van der Waals surface area (Å²) in [6, 6.07) is 64.9. The number of piperidine rings is 1. The molecule has 0 saturated carbocycles. The van der Waals surface area contributed by atoms with Crippen LogP contribution in [0.3, 0.4) is 0 Å². The highest BCUT2D eigenvalue weighted by Crippen LogP contribution is 2.45. The van der Waals surface area contributed by atoms with E-state index in [1.807, 2.05) is 0 Å². The molecule has 7 rings (SSSR count). The van der Waals surface area contributed by atoms with Gasteiger partial charge in [0.2, 0.25) is 0 Å². The van der Waals surface area contributed by atoms with Crippen LogP contribution in [0.4, 0.5) is 0 Å². The molecule has 0 amide bonds. The molecule has 242 valence electrons. The Morgan fingerprint density at radius 3 is 0.875 bits per heavy atom. The molecule has 0 unspecified atom stereocenters. The molecule has 0 aromatic heterocycles. The molecule has 0 aliphatic carbocycles. The molecule has 1 saturated heterocycles. The van der Waals surface area contributed by atoms with Gasteiger partial charge in [0.1, 0.15) is 0 Å². The van der Waals surface area contributed by atoms with Crippen LogP contribution in [-0.4, -0.2) is 24.5 Å². The van der Waals surface area contributed by atoms with E-state index >= 15 is 0 Å². The Bertz CT molecular complexity index is 1430. The van der Waals surface area contributed by atoms with Crippen molar-refractivity contribution in [1.82, 2.24) is 10.2 Å². The smallest absolute Gasteiger partial charge is 0.0959 e. The summed E-state index contributed by atoms with van der Waals surface area (Å²) in [4.78, 5) is 2.57. The van der Waals surface area contributed by atoms with Gasteiger partial charge in [-0.2, -0.15) is 0 Å². The van der Waals surface area contributed by atoms with Gasteiger partial charge in [-0.1, -0.05) is 195 Å². The third kappa shape index (κ3) is 7.21. The van der Waals surface area contributed by atoms with Crippen molar-refractivity contribution < 1.29 is 0 Å². The maximum atomic E-state index is 4.38. The van der Waals surface area contributed by atoms with E-state index in [0.717, 1.165) is 0 Å².